The first-order chi connectivity index (χ1) is 27.6. The Morgan fingerprint density at radius 3 is 1.42 bits per heavy atom. The Morgan fingerprint density at radius 2 is 1.02 bits per heavy atom. The van der Waals surface area contributed by atoms with Gasteiger partial charge in [-0.3, -0.25) is 9.98 Å². The van der Waals surface area contributed by atoms with E-state index < -0.39 is 64.8 Å². The Labute approximate surface area is 319 Å². The number of para-hydroxylation sites is 2. The fourth-order valence-corrected chi connectivity index (χ4v) is 5.80. The van der Waals surface area contributed by atoms with Gasteiger partial charge in [0.2, 0.25) is 11.8 Å². The van der Waals surface area contributed by atoms with Crippen molar-refractivity contribution in [3.05, 3.63) is 142 Å². The lowest BCUT2D eigenvalue weighted by Crippen LogP contribution is -2.52. The predicted octanol–water partition coefficient (Wildman–Crippen LogP) is 5.82. The molecular formula is C39H24F2N6O10. The average Bonchev–Trinajstić information content (AvgIpc) is 3.75. The molecule has 18 heteroatoms. The maximum absolute atomic E-state index is 14.8. The molecule has 16 nitrogen and oxygen atoms in total. The van der Waals surface area contributed by atoms with Gasteiger partial charge in [0.05, 0.1) is 59.2 Å². The highest BCUT2D eigenvalue weighted by Gasteiger charge is 2.52. The lowest BCUT2D eigenvalue weighted by molar-refractivity contribution is -0.394. The number of rotatable bonds is 4. The zero-order valence-electron chi connectivity index (χ0n) is 29.4. The molecule has 0 unspecified atom stereocenters. The minimum atomic E-state index is -3.41. The van der Waals surface area contributed by atoms with E-state index >= 15 is 0 Å². The molecule has 8 rings (SSSR count). The molecule has 0 bridgehead atoms. The summed E-state index contributed by atoms with van der Waals surface area (Å²) >= 11 is 0. The molecule has 1 spiro atoms. The standard InChI is InChI=1S/C39H24F2N6O10/c1-52-37(50)31-27-19-42-29-15-5-3-13-25(29)35(48)56-39(54-33(27)46(44-31)23-11-7-9-21(40)17-23)55-34-28(20-43-30-16-6-4-14-26(30)36(49)57-39)32(38(51)53-2)45-47(34)24-12-8-10-22(41)18-24/h3-20H,1-2H3/b42-19+,43-20+. The van der Waals surface area contributed by atoms with Crippen molar-refractivity contribution < 1.29 is 56.4 Å². The highest BCUT2D eigenvalue weighted by molar-refractivity contribution is 6.03. The molecule has 2 aromatic heterocycles. The quantitative estimate of drug-likeness (QED) is 0.155. The molecule has 57 heavy (non-hydrogen) atoms. The van der Waals surface area contributed by atoms with E-state index in [-0.39, 0.29) is 45.0 Å². The molecule has 0 fully saturated rings. The molecule has 284 valence electrons. The summed E-state index contributed by atoms with van der Waals surface area (Å²) in [4.78, 5) is 63.9. The number of nitrogens with zero attached hydrogens (tertiary/aromatic N) is 6. The Bertz CT molecular complexity index is 2520. The van der Waals surface area contributed by atoms with Gasteiger partial charge >= 0.3 is 30.0 Å². The average molecular weight is 775 g/mol. The van der Waals surface area contributed by atoms with Crippen LogP contribution in [-0.4, -0.2) is 76.2 Å². The molecule has 0 radical (unpaired) electrons. The van der Waals surface area contributed by atoms with Crippen LogP contribution < -0.4 is 9.47 Å². The molecule has 4 aromatic carbocycles. The second-order valence-corrected chi connectivity index (χ2v) is 11.9. The van der Waals surface area contributed by atoms with Gasteiger partial charge in [0, 0.05) is 12.4 Å². The number of carbonyl (C=O) groups excluding carboxylic acids is 4. The Morgan fingerprint density at radius 1 is 0.596 bits per heavy atom. The molecule has 6 aromatic rings. The summed E-state index contributed by atoms with van der Waals surface area (Å²) < 4.78 is 66.0. The van der Waals surface area contributed by atoms with Crippen LogP contribution in [0.3, 0.4) is 0 Å². The van der Waals surface area contributed by atoms with Crippen molar-refractivity contribution >= 4 is 47.7 Å². The Kier molecular flexibility index (Phi) is 9.04. The minimum absolute atomic E-state index is 0.00182. The Balaban J connectivity index is 1.48. The van der Waals surface area contributed by atoms with Gasteiger partial charge in [0.15, 0.2) is 11.4 Å². The van der Waals surface area contributed by atoms with Crippen LogP contribution in [0.2, 0.25) is 0 Å². The van der Waals surface area contributed by atoms with Gasteiger partial charge in [0.25, 0.3) is 0 Å². The maximum Gasteiger partial charge on any atom is 0.618 e. The number of aliphatic imine (C=N–C) groups is 2. The number of esters is 4. The number of fused-ring (bicyclic) bond motifs is 4. The fourth-order valence-electron chi connectivity index (χ4n) is 5.80. The number of benzene rings is 4. The van der Waals surface area contributed by atoms with Crippen molar-refractivity contribution in [1.29, 1.82) is 0 Å². The molecular weight excluding hydrogens is 750 g/mol. The van der Waals surface area contributed by atoms with E-state index in [0.717, 1.165) is 60.3 Å². The molecule has 0 atom stereocenters. The van der Waals surface area contributed by atoms with Gasteiger partial charge in [-0.25, -0.2) is 28.0 Å². The molecule has 0 saturated carbocycles. The summed E-state index contributed by atoms with van der Waals surface area (Å²) in [6.45, 7) is 0. The molecule has 2 aliphatic heterocycles. The topological polar surface area (TPSA) is 184 Å². The van der Waals surface area contributed by atoms with Crippen LogP contribution >= 0.6 is 0 Å². The van der Waals surface area contributed by atoms with Gasteiger partial charge < -0.3 is 28.4 Å². The second-order valence-electron chi connectivity index (χ2n) is 11.9. The van der Waals surface area contributed by atoms with Crippen LogP contribution in [0.25, 0.3) is 11.4 Å². The summed E-state index contributed by atoms with van der Waals surface area (Å²) in [6.07, 6.45) is -1.17. The molecule has 0 saturated heterocycles. The van der Waals surface area contributed by atoms with E-state index in [2.05, 4.69) is 20.2 Å². The predicted molar refractivity (Wildman–Crippen MR) is 192 cm³/mol. The van der Waals surface area contributed by atoms with E-state index in [0.29, 0.717) is 0 Å². The second kappa shape index (κ2) is 14.3. The third kappa shape index (κ3) is 6.60. The zero-order valence-corrected chi connectivity index (χ0v) is 29.4. The van der Waals surface area contributed by atoms with E-state index in [1.807, 2.05) is 0 Å². The molecule has 0 N–H and O–H groups in total. The third-order valence-corrected chi connectivity index (χ3v) is 8.41. The van der Waals surface area contributed by atoms with E-state index in [4.69, 9.17) is 28.4 Å². The van der Waals surface area contributed by atoms with Crippen LogP contribution in [0.4, 0.5) is 20.2 Å². The SMILES string of the molecule is COC(=O)c1nn(-c2cccc(F)c2)c2c1/C=N/c1ccccc1C(=O)OC1(OC(=O)c3ccccc3/N=C/c3c(C(=O)OC)nn(-c4cccc(F)c4)c3O1)O2. The number of halogens is 2. The van der Waals surface area contributed by atoms with Crippen molar-refractivity contribution in [2.24, 2.45) is 9.98 Å². The van der Waals surface area contributed by atoms with Crippen LogP contribution in [0.1, 0.15) is 52.8 Å². The monoisotopic (exact) mass is 774 g/mol. The van der Waals surface area contributed by atoms with Crippen LogP contribution in [0.5, 0.6) is 11.8 Å². The van der Waals surface area contributed by atoms with Crippen molar-refractivity contribution in [2.75, 3.05) is 14.2 Å². The van der Waals surface area contributed by atoms with Gasteiger partial charge in [-0.2, -0.15) is 19.6 Å². The zero-order chi connectivity index (χ0) is 39.8. The number of ether oxygens (including phenoxy) is 6. The lowest BCUT2D eigenvalue weighted by atomic mass is 10.1. The molecule has 4 heterocycles. The lowest BCUT2D eigenvalue weighted by Gasteiger charge is -2.31. The van der Waals surface area contributed by atoms with Crippen molar-refractivity contribution in [3.63, 3.8) is 0 Å². The van der Waals surface area contributed by atoms with Crippen molar-refractivity contribution in [3.8, 4) is 23.1 Å². The maximum atomic E-state index is 14.8. The number of hydrogen-bond donors (Lipinski definition) is 0. The fraction of sp³-hybridized carbons (Fsp3) is 0.0769. The molecule has 0 amide bonds. The Hall–Kier alpha value is -8.02. The van der Waals surface area contributed by atoms with Crippen LogP contribution in [-0.2, 0) is 18.9 Å². The minimum Gasteiger partial charge on any atom is -0.464 e. The number of hydrogen-bond acceptors (Lipinski definition) is 14. The van der Waals surface area contributed by atoms with Crippen molar-refractivity contribution in [1.82, 2.24) is 19.6 Å². The molecule has 0 aliphatic carbocycles. The summed E-state index contributed by atoms with van der Waals surface area (Å²) in [5, 5.41) is 8.68. The largest absolute Gasteiger partial charge is 0.618 e. The molecule has 2 aliphatic rings. The van der Waals surface area contributed by atoms with E-state index in [1.54, 1.807) is 12.1 Å². The summed E-state index contributed by atoms with van der Waals surface area (Å²) in [5.74, 6) is -7.03. The summed E-state index contributed by atoms with van der Waals surface area (Å²) in [7, 11) is 2.18. The number of carbonyl (C=O) groups is 4. The van der Waals surface area contributed by atoms with E-state index in [1.165, 1.54) is 60.7 Å². The normalized spacial score (nSPS) is 15.2. The third-order valence-electron chi connectivity index (χ3n) is 8.41. The van der Waals surface area contributed by atoms with Gasteiger partial charge in [-0.05, 0) is 60.7 Å². The first kappa shape index (κ1) is 36.0. The van der Waals surface area contributed by atoms with Crippen LogP contribution in [0, 0.1) is 11.6 Å². The smallest absolute Gasteiger partial charge is 0.464 e. The highest BCUT2D eigenvalue weighted by atomic mass is 19.1. The van der Waals surface area contributed by atoms with Crippen LogP contribution in [0.15, 0.2) is 107 Å². The summed E-state index contributed by atoms with van der Waals surface area (Å²) in [5.41, 5.74) is -1.84. The first-order valence-electron chi connectivity index (χ1n) is 16.6. The van der Waals surface area contributed by atoms with Crippen molar-refractivity contribution in [2.45, 2.75) is 6.16 Å². The summed E-state index contributed by atoms with van der Waals surface area (Å²) in [6, 6.07) is 21.5. The van der Waals surface area contributed by atoms with E-state index in [9.17, 15) is 28.0 Å². The van der Waals surface area contributed by atoms with Gasteiger partial charge in [-0.1, -0.05) is 36.4 Å². The number of aromatic nitrogens is 4. The highest BCUT2D eigenvalue weighted by Crippen LogP contribution is 2.39. The first-order valence-corrected chi connectivity index (χ1v) is 16.6. The number of methoxy groups -OCH3 is 2. The van der Waals surface area contributed by atoms with Gasteiger partial charge in [0.1, 0.15) is 11.6 Å². The van der Waals surface area contributed by atoms with Gasteiger partial charge in [-0.15, -0.1) is 0 Å².